The Morgan fingerprint density at radius 3 is 1.55 bits per heavy atom. The Bertz CT molecular complexity index is 1700. The molecule has 5 aromatic rings. The molecule has 5 atom stereocenters. The van der Waals surface area contributed by atoms with Gasteiger partial charge in [0.05, 0.1) is 39.2 Å². The highest BCUT2D eigenvalue weighted by atomic mass is 16.6. The fourth-order valence-corrected chi connectivity index (χ4v) is 5.62. The van der Waals surface area contributed by atoms with Gasteiger partial charge in [0, 0.05) is 0 Å². The zero-order chi connectivity index (χ0) is 32.3. The molecule has 0 spiro atoms. The van der Waals surface area contributed by atoms with E-state index in [4.69, 9.17) is 29.4 Å². The van der Waals surface area contributed by atoms with Crippen LogP contribution in [0.3, 0.4) is 0 Å². The van der Waals surface area contributed by atoms with Crippen molar-refractivity contribution >= 4 is 5.82 Å². The monoisotopic (exact) mass is 630 g/mol. The number of nitrogen functional groups attached to an aromatic ring is 1. The normalized spacial score (nSPS) is 20.9. The lowest BCUT2D eigenvalue weighted by Gasteiger charge is -2.46. The minimum absolute atomic E-state index is 0.181. The van der Waals surface area contributed by atoms with Crippen LogP contribution in [0.1, 0.15) is 34.0 Å². The summed E-state index contributed by atoms with van der Waals surface area (Å²) in [6.07, 6.45) is -1.97. The van der Waals surface area contributed by atoms with Crippen LogP contribution >= 0.6 is 0 Å². The van der Waals surface area contributed by atoms with Gasteiger partial charge in [-0.05, 0) is 22.3 Å². The summed E-state index contributed by atoms with van der Waals surface area (Å²) in [6.45, 7) is 1.51. The molecule has 0 bridgehead atoms. The molecule has 240 valence electrons. The zero-order valence-corrected chi connectivity index (χ0v) is 26.0. The molecule has 47 heavy (non-hydrogen) atoms. The summed E-state index contributed by atoms with van der Waals surface area (Å²) in [5, 5.41) is 14.2. The lowest BCUT2D eigenvalue weighted by atomic mass is 9.96. The van der Waals surface area contributed by atoms with Gasteiger partial charge < -0.3 is 29.4 Å². The Balaban J connectivity index is 1.36. The van der Waals surface area contributed by atoms with Crippen LogP contribution in [0.25, 0.3) is 0 Å². The van der Waals surface area contributed by atoms with Crippen molar-refractivity contribution in [1.82, 2.24) is 9.78 Å². The van der Waals surface area contributed by atoms with E-state index >= 15 is 0 Å². The first kappa shape index (κ1) is 32.1. The lowest BCUT2D eigenvalue weighted by molar-refractivity contribution is -0.291. The van der Waals surface area contributed by atoms with Crippen molar-refractivity contribution in [2.24, 2.45) is 0 Å². The highest BCUT2D eigenvalue weighted by Crippen LogP contribution is 2.37. The summed E-state index contributed by atoms with van der Waals surface area (Å²) in [4.78, 5) is 0. The molecule has 9 nitrogen and oxygen atoms in total. The van der Waals surface area contributed by atoms with Crippen molar-refractivity contribution in [1.29, 1.82) is 5.26 Å². The van der Waals surface area contributed by atoms with Gasteiger partial charge in [-0.25, -0.2) is 4.68 Å². The fraction of sp³-hybridized carbons (Fsp3) is 0.263. The summed E-state index contributed by atoms with van der Waals surface area (Å²) < 4.78 is 34.7. The van der Waals surface area contributed by atoms with Crippen LogP contribution in [0.4, 0.5) is 5.82 Å². The van der Waals surface area contributed by atoms with Crippen LogP contribution in [0.5, 0.6) is 0 Å². The third-order valence-corrected chi connectivity index (χ3v) is 8.05. The summed E-state index contributed by atoms with van der Waals surface area (Å²) in [6, 6.07) is 41.9. The fourth-order valence-electron chi connectivity index (χ4n) is 5.62. The minimum Gasteiger partial charge on any atom is -0.383 e. The number of hydrogen-bond donors (Lipinski definition) is 1. The molecule has 6 rings (SSSR count). The average molecular weight is 631 g/mol. The predicted molar refractivity (Wildman–Crippen MR) is 176 cm³/mol. The van der Waals surface area contributed by atoms with Crippen LogP contribution in [-0.2, 0) is 50.1 Å². The summed E-state index contributed by atoms with van der Waals surface area (Å²) >= 11 is 0. The van der Waals surface area contributed by atoms with E-state index in [1.807, 2.05) is 121 Å². The van der Waals surface area contributed by atoms with E-state index in [-0.39, 0.29) is 24.6 Å². The van der Waals surface area contributed by atoms with E-state index in [0.29, 0.717) is 19.8 Å². The van der Waals surface area contributed by atoms with Gasteiger partial charge in [-0.2, -0.15) is 10.4 Å². The highest BCUT2D eigenvalue weighted by molar-refractivity contribution is 5.47. The predicted octanol–water partition coefficient (Wildman–Crippen LogP) is 6.21. The molecule has 1 saturated heterocycles. The maximum atomic E-state index is 9.69. The van der Waals surface area contributed by atoms with Gasteiger partial charge in [-0.3, -0.25) is 0 Å². The first-order valence-corrected chi connectivity index (χ1v) is 15.7. The number of rotatable bonds is 14. The Morgan fingerprint density at radius 2 is 1.09 bits per heavy atom. The molecule has 0 saturated carbocycles. The van der Waals surface area contributed by atoms with Crippen LogP contribution in [0, 0.1) is 11.3 Å². The van der Waals surface area contributed by atoms with Crippen LogP contribution in [-0.4, -0.2) is 40.8 Å². The Labute approximate surface area is 275 Å². The molecule has 0 amide bonds. The van der Waals surface area contributed by atoms with Crippen molar-refractivity contribution in [3.8, 4) is 6.07 Å². The van der Waals surface area contributed by atoms with E-state index < -0.39 is 30.6 Å². The average Bonchev–Trinajstić information content (AvgIpc) is 3.50. The zero-order valence-electron chi connectivity index (χ0n) is 26.0. The van der Waals surface area contributed by atoms with Crippen molar-refractivity contribution in [3.63, 3.8) is 0 Å². The van der Waals surface area contributed by atoms with Gasteiger partial charge in [0.25, 0.3) is 0 Å². The number of aromatic nitrogens is 2. The smallest absolute Gasteiger partial charge is 0.181 e. The molecule has 1 fully saturated rings. The van der Waals surface area contributed by atoms with Crippen molar-refractivity contribution in [3.05, 3.63) is 155 Å². The molecule has 1 aliphatic rings. The van der Waals surface area contributed by atoms with Crippen LogP contribution in [0.2, 0.25) is 0 Å². The largest absolute Gasteiger partial charge is 0.383 e. The molecule has 2 heterocycles. The second-order valence-electron chi connectivity index (χ2n) is 11.3. The Hall–Kier alpha value is -4.82. The molecule has 1 aromatic heterocycles. The van der Waals surface area contributed by atoms with E-state index in [9.17, 15) is 5.26 Å². The van der Waals surface area contributed by atoms with Gasteiger partial charge >= 0.3 is 0 Å². The maximum absolute atomic E-state index is 9.69. The van der Waals surface area contributed by atoms with Gasteiger partial charge in [0.1, 0.15) is 41.9 Å². The van der Waals surface area contributed by atoms with Gasteiger partial charge in [-0.15, -0.1) is 0 Å². The first-order valence-electron chi connectivity index (χ1n) is 15.7. The molecular formula is C38H38N4O5. The molecule has 2 N–H and O–H groups in total. The summed E-state index contributed by atoms with van der Waals surface area (Å²) in [5.41, 5.74) is 10.7. The number of benzene rings is 4. The number of nitrogens with zero attached hydrogens (tertiary/aromatic N) is 3. The lowest BCUT2D eigenvalue weighted by Crippen LogP contribution is -2.59. The number of nitrogens with two attached hydrogens (primary N) is 1. The standard InChI is InChI=1S/C38H38N4O5/c39-21-32-22-41-42(37(32)40)38-36(46-26-31-19-11-4-12-20-31)35(45-25-30-17-9-3-10-18-30)34(44-24-29-15-7-2-8-16-29)33(47-38)27-43-23-28-13-5-1-6-14-28/h1-20,22,33-36,38H,23-27,40H2/t33-,34-,35+,36-,38?/m1/s1. The number of ether oxygens (including phenoxy) is 5. The highest BCUT2D eigenvalue weighted by Gasteiger charge is 2.50. The van der Waals surface area contributed by atoms with Crippen LogP contribution < -0.4 is 5.73 Å². The van der Waals surface area contributed by atoms with E-state index in [2.05, 4.69) is 11.2 Å². The molecule has 0 aliphatic carbocycles. The van der Waals surface area contributed by atoms with E-state index in [1.54, 1.807) is 0 Å². The molecule has 4 aromatic carbocycles. The van der Waals surface area contributed by atoms with Gasteiger partial charge in [0.15, 0.2) is 6.23 Å². The molecule has 0 radical (unpaired) electrons. The van der Waals surface area contributed by atoms with Gasteiger partial charge in [0.2, 0.25) is 0 Å². The first-order chi connectivity index (χ1) is 23.2. The minimum atomic E-state index is -0.844. The van der Waals surface area contributed by atoms with Gasteiger partial charge in [-0.1, -0.05) is 121 Å². The van der Waals surface area contributed by atoms with E-state index in [1.165, 1.54) is 10.9 Å². The van der Waals surface area contributed by atoms with E-state index in [0.717, 1.165) is 22.3 Å². The Morgan fingerprint density at radius 1 is 0.638 bits per heavy atom. The van der Waals surface area contributed by atoms with Crippen molar-refractivity contribution < 1.29 is 23.7 Å². The summed E-state index contributed by atoms with van der Waals surface area (Å²) in [5.74, 6) is 0.181. The van der Waals surface area contributed by atoms with Crippen LogP contribution in [0.15, 0.2) is 128 Å². The molecule has 1 unspecified atom stereocenters. The number of anilines is 1. The second kappa shape index (κ2) is 16.1. The molecule has 1 aliphatic heterocycles. The maximum Gasteiger partial charge on any atom is 0.181 e. The topological polar surface area (TPSA) is 114 Å². The number of nitriles is 1. The second-order valence-corrected chi connectivity index (χ2v) is 11.3. The van der Waals surface area contributed by atoms with Crippen molar-refractivity contribution in [2.45, 2.75) is 57.1 Å². The third-order valence-electron chi connectivity index (χ3n) is 8.05. The molecular weight excluding hydrogens is 592 g/mol. The molecule has 9 heteroatoms. The quantitative estimate of drug-likeness (QED) is 0.154. The number of hydrogen-bond acceptors (Lipinski definition) is 8. The summed E-state index contributed by atoms with van der Waals surface area (Å²) in [7, 11) is 0. The Kier molecular flexibility index (Phi) is 11.0. The SMILES string of the molecule is N#Cc1cnn(C2O[C@H](COCc3ccccc3)[C@@H](OCc3ccccc3)[C@H](OCc3ccccc3)[C@H]2OCc2ccccc2)c1N. The third kappa shape index (κ3) is 8.32. The van der Waals surface area contributed by atoms with Crippen molar-refractivity contribution in [2.75, 3.05) is 12.3 Å².